The maximum atomic E-state index is 13.7. The normalized spacial score (nSPS) is 12.1. The van der Waals surface area contributed by atoms with Crippen LogP contribution < -0.4 is 4.74 Å². The Morgan fingerprint density at radius 2 is 1.05 bits per heavy atom. The van der Waals surface area contributed by atoms with E-state index < -0.39 is 20.4 Å². The molecule has 0 radical (unpaired) electrons. The molecule has 0 aliphatic heterocycles. The zero-order valence-electron chi connectivity index (χ0n) is 21.2. The molecule has 0 atom stereocenters. The van der Waals surface area contributed by atoms with Gasteiger partial charge in [0, 0.05) is 11.1 Å². The van der Waals surface area contributed by atoms with Crippen LogP contribution in [0.3, 0.4) is 0 Å². The van der Waals surface area contributed by atoms with E-state index in [1.165, 1.54) is 12.1 Å². The predicted molar refractivity (Wildman–Crippen MR) is 161 cm³/mol. The molecule has 0 saturated heterocycles. The van der Waals surface area contributed by atoms with E-state index in [1.54, 1.807) is 30.3 Å². The van der Waals surface area contributed by atoms with E-state index in [9.17, 15) is 21.6 Å². The summed E-state index contributed by atoms with van der Waals surface area (Å²) in [6, 6.07) is 35.9. The predicted octanol–water partition coefficient (Wildman–Crippen LogP) is 9.98. The molecule has 8 heteroatoms. The van der Waals surface area contributed by atoms with Crippen molar-refractivity contribution in [1.82, 2.24) is 0 Å². The third kappa shape index (κ3) is 5.45. The van der Waals surface area contributed by atoms with Gasteiger partial charge in [0.05, 0.1) is 19.7 Å². The smallest absolute Gasteiger partial charge is 0.405 e. The summed E-state index contributed by atoms with van der Waals surface area (Å²) < 4.78 is 71.5. The third-order valence-electron chi connectivity index (χ3n) is 6.92. The Morgan fingerprint density at radius 3 is 1.54 bits per heavy atom. The SMILES string of the molecule is O=S(=O)(Br)c1ccc2cc(-c3ccccc3)ccc2c1-c1c(OC(F)(F)F)ccc2cc(-c3ccccc3)ccc12. The lowest BCUT2D eigenvalue weighted by atomic mass is 9.90. The third-order valence-corrected chi connectivity index (χ3v) is 8.83. The highest BCUT2D eigenvalue weighted by molar-refractivity contribution is 9.47. The Labute approximate surface area is 242 Å². The molecule has 0 aliphatic rings. The van der Waals surface area contributed by atoms with Gasteiger partial charge in [-0.15, -0.1) is 13.2 Å². The minimum absolute atomic E-state index is 0.0375. The number of ether oxygens (including phenoxy) is 1. The van der Waals surface area contributed by atoms with Crippen molar-refractivity contribution in [1.29, 1.82) is 0 Å². The summed E-state index contributed by atoms with van der Waals surface area (Å²) in [5.41, 5.74) is 3.80. The van der Waals surface area contributed by atoms with Gasteiger partial charge < -0.3 is 4.74 Å². The number of hydrogen-bond acceptors (Lipinski definition) is 3. The average molecular weight is 633 g/mol. The fourth-order valence-corrected chi connectivity index (χ4v) is 6.66. The van der Waals surface area contributed by atoms with Crippen LogP contribution >= 0.6 is 14.8 Å². The Balaban J connectivity index is 1.69. The highest BCUT2D eigenvalue weighted by Gasteiger charge is 2.34. The van der Waals surface area contributed by atoms with Crippen molar-refractivity contribution in [2.24, 2.45) is 0 Å². The van der Waals surface area contributed by atoms with Crippen LogP contribution in [0.15, 0.2) is 126 Å². The van der Waals surface area contributed by atoms with Crippen molar-refractivity contribution < 1.29 is 26.3 Å². The van der Waals surface area contributed by atoms with Crippen molar-refractivity contribution in [3.05, 3.63) is 121 Å². The van der Waals surface area contributed by atoms with Crippen LogP contribution in [0.2, 0.25) is 0 Å². The van der Waals surface area contributed by atoms with Gasteiger partial charge in [-0.1, -0.05) is 97.1 Å². The minimum Gasteiger partial charge on any atom is -0.405 e. The van der Waals surface area contributed by atoms with Crippen molar-refractivity contribution in [3.8, 4) is 39.1 Å². The lowest BCUT2D eigenvalue weighted by molar-refractivity contribution is -0.274. The second kappa shape index (κ2) is 10.4. The molecule has 0 heterocycles. The molecule has 6 aromatic rings. The first kappa shape index (κ1) is 27.1. The van der Waals surface area contributed by atoms with E-state index in [0.717, 1.165) is 22.3 Å². The Morgan fingerprint density at radius 1 is 0.561 bits per heavy atom. The molecule has 0 fully saturated rings. The van der Waals surface area contributed by atoms with Crippen LogP contribution in [0.1, 0.15) is 0 Å². The van der Waals surface area contributed by atoms with Gasteiger partial charge in [0.1, 0.15) is 5.75 Å². The molecule has 0 amide bonds. The fraction of sp³-hybridized carbons (Fsp3) is 0.0303. The highest BCUT2D eigenvalue weighted by Crippen LogP contribution is 2.47. The largest absolute Gasteiger partial charge is 0.573 e. The molecule has 0 spiro atoms. The first-order chi connectivity index (χ1) is 19.6. The first-order valence-electron chi connectivity index (χ1n) is 12.5. The highest BCUT2D eigenvalue weighted by atomic mass is 79.9. The molecular weight excluding hydrogens is 613 g/mol. The second-order valence-corrected chi connectivity index (χ2v) is 13.3. The van der Waals surface area contributed by atoms with Gasteiger partial charge in [0.15, 0.2) is 0 Å². The molecular formula is C33H20BrF3O3S. The van der Waals surface area contributed by atoms with E-state index in [4.69, 9.17) is 0 Å². The maximum Gasteiger partial charge on any atom is 0.573 e. The average Bonchev–Trinajstić information content (AvgIpc) is 2.96. The summed E-state index contributed by atoms with van der Waals surface area (Å²) in [4.78, 5) is -0.163. The fourth-order valence-electron chi connectivity index (χ4n) is 5.17. The summed E-state index contributed by atoms with van der Waals surface area (Å²) >= 11 is 2.77. The van der Waals surface area contributed by atoms with Crippen molar-refractivity contribution in [2.75, 3.05) is 0 Å². The number of fused-ring (bicyclic) bond motifs is 2. The van der Waals surface area contributed by atoms with E-state index in [1.807, 2.05) is 78.9 Å². The van der Waals surface area contributed by atoms with Crippen LogP contribution in [0.4, 0.5) is 13.2 Å². The standard InChI is InChI=1S/C33H20BrF3O3S/c34-41(38,39)30-18-14-26-20-24(22-9-5-2-6-10-22)12-16-28(26)32(30)31-27-15-11-23(21-7-3-1-4-8-21)19-25(27)13-17-29(31)40-33(35,36)37/h1-20H. The number of halogens is 4. The van der Waals surface area contributed by atoms with Gasteiger partial charge in [-0.05, 0) is 68.1 Å². The molecule has 0 aromatic heterocycles. The molecule has 6 aromatic carbocycles. The van der Waals surface area contributed by atoms with Crippen LogP contribution in [-0.2, 0) is 8.27 Å². The quantitative estimate of drug-likeness (QED) is 0.178. The lowest BCUT2D eigenvalue weighted by Gasteiger charge is -2.20. The summed E-state index contributed by atoms with van der Waals surface area (Å²) in [6.45, 7) is 0. The van der Waals surface area contributed by atoms with Gasteiger partial charge in [0.2, 0.25) is 8.27 Å². The topological polar surface area (TPSA) is 43.4 Å². The molecule has 0 N–H and O–H groups in total. The second-order valence-electron chi connectivity index (χ2n) is 9.47. The van der Waals surface area contributed by atoms with E-state index >= 15 is 0 Å². The molecule has 3 nitrogen and oxygen atoms in total. The first-order valence-corrected chi connectivity index (χ1v) is 15.9. The zero-order chi connectivity index (χ0) is 28.8. The number of rotatable bonds is 5. The van der Waals surface area contributed by atoms with Crippen LogP contribution in [0, 0.1) is 0 Å². The molecule has 0 aliphatic carbocycles. The summed E-state index contributed by atoms with van der Waals surface area (Å²) in [5, 5.41) is 2.18. The number of alkyl halides is 3. The van der Waals surface area contributed by atoms with Crippen LogP contribution in [-0.4, -0.2) is 14.8 Å². The van der Waals surface area contributed by atoms with Gasteiger partial charge in [0.25, 0.3) is 0 Å². The molecule has 6 rings (SSSR count). The van der Waals surface area contributed by atoms with Gasteiger partial charge >= 0.3 is 6.36 Å². The van der Waals surface area contributed by atoms with Crippen LogP contribution in [0.25, 0.3) is 54.9 Å². The molecule has 0 saturated carbocycles. The van der Waals surface area contributed by atoms with Gasteiger partial charge in [-0.3, -0.25) is 0 Å². The molecule has 41 heavy (non-hydrogen) atoms. The number of hydrogen-bond donors (Lipinski definition) is 0. The summed E-state index contributed by atoms with van der Waals surface area (Å²) in [7, 11) is -4.04. The monoisotopic (exact) mass is 632 g/mol. The van der Waals surface area contributed by atoms with Crippen LogP contribution in [0.5, 0.6) is 5.75 Å². The Hall–Kier alpha value is -4.14. The van der Waals surface area contributed by atoms with E-state index in [2.05, 4.69) is 19.5 Å². The summed E-state index contributed by atoms with van der Waals surface area (Å²) in [6.07, 6.45) is -5.00. The molecule has 0 unspecified atom stereocenters. The molecule has 0 bridgehead atoms. The van der Waals surface area contributed by atoms with E-state index in [-0.39, 0.29) is 16.0 Å². The van der Waals surface area contributed by atoms with Crippen molar-refractivity contribution in [2.45, 2.75) is 11.3 Å². The number of benzene rings is 6. The van der Waals surface area contributed by atoms with Gasteiger partial charge in [-0.2, -0.15) is 0 Å². The zero-order valence-corrected chi connectivity index (χ0v) is 23.6. The molecule has 204 valence electrons. The Kier molecular flexibility index (Phi) is 6.83. The van der Waals surface area contributed by atoms with Gasteiger partial charge in [-0.25, -0.2) is 8.42 Å². The van der Waals surface area contributed by atoms with Crippen molar-refractivity contribution >= 4 is 44.6 Å². The summed E-state index contributed by atoms with van der Waals surface area (Å²) in [5.74, 6) is -0.491. The maximum absolute atomic E-state index is 13.7. The minimum atomic E-state index is -5.00. The lowest BCUT2D eigenvalue weighted by Crippen LogP contribution is -2.18. The van der Waals surface area contributed by atoms with Crippen molar-refractivity contribution in [3.63, 3.8) is 0 Å². The Bertz CT molecular complexity index is 2030. The van der Waals surface area contributed by atoms with E-state index in [0.29, 0.717) is 21.5 Å².